The third kappa shape index (κ3) is 1.53. The first kappa shape index (κ1) is 7.19. The second kappa shape index (κ2) is 2.37. The number of aromatic nitrogens is 2. The summed E-state index contributed by atoms with van der Waals surface area (Å²) in [4.78, 5) is 7.72. The fourth-order valence-electron chi connectivity index (χ4n) is 0.630. The first-order valence-corrected chi connectivity index (χ1v) is 3.29. The molecule has 1 rings (SSSR count). The molecule has 1 aromatic rings. The first-order chi connectivity index (χ1) is 4.61. The zero-order valence-corrected chi connectivity index (χ0v) is 6.55. The lowest BCUT2D eigenvalue weighted by atomic mass is 9.89. The molecule has 0 amide bonds. The van der Waals surface area contributed by atoms with E-state index in [0.29, 0.717) is 0 Å². The van der Waals surface area contributed by atoms with Crippen LogP contribution in [0.1, 0.15) is 26.3 Å². The highest BCUT2D eigenvalue weighted by atomic mass is 14.8. The number of nitrogens with zero attached hydrogens (tertiary/aromatic N) is 2. The van der Waals surface area contributed by atoms with E-state index in [1.54, 1.807) is 6.20 Å². The molecule has 0 aromatic carbocycles. The molecule has 0 aliphatic rings. The monoisotopic (exact) mass is 135 g/mol. The van der Waals surface area contributed by atoms with E-state index in [2.05, 4.69) is 36.9 Å². The molecule has 0 saturated carbocycles. The quantitative estimate of drug-likeness (QED) is 0.539. The predicted octanol–water partition coefficient (Wildman–Crippen LogP) is 1.57. The van der Waals surface area contributed by atoms with Crippen LogP contribution < -0.4 is 0 Å². The van der Waals surface area contributed by atoms with Crippen molar-refractivity contribution in [2.24, 2.45) is 0 Å². The molecule has 53 valence electrons. The van der Waals surface area contributed by atoms with Crippen molar-refractivity contribution in [3.63, 3.8) is 0 Å². The van der Waals surface area contributed by atoms with E-state index in [1.165, 1.54) is 6.33 Å². The Kier molecular flexibility index (Phi) is 1.70. The molecule has 2 heteroatoms. The molecule has 1 heterocycles. The van der Waals surface area contributed by atoms with Crippen molar-refractivity contribution in [2.75, 3.05) is 0 Å². The van der Waals surface area contributed by atoms with Gasteiger partial charge in [-0.2, -0.15) is 0 Å². The number of rotatable bonds is 0. The Morgan fingerprint density at radius 2 is 2.10 bits per heavy atom. The first-order valence-electron chi connectivity index (χ1n) is 3.29. The van der Waals surface area contributed by atoms with Crippen molar-refractivity contribution < 1.29 is 0 Å². The molecule has 0 N–H and O–H groups in total. The SMILES string of the molecule is CC(C)(C)c1[c]ncnc1. The van der Waals surface area contributed by atoms with Crippen LogP contribution in [-0.2, 0) is 5.41 Å². The molecule has 2 nitrogen and oxygen atoms in total. The van der Waals surface area contributed by atoms with Gasteiger partial charge >= 0.3 is 0 Å². The van der Waals surface area contributed by atoms with Gasteiger partial charge in [0.05, 0.1) is 6.20 Å². The maximum Gasteiger partial charge on any atom is 0.116 e. The molecular formula is C8H11N2. The summed E-state index contributed by atoms with van der Waals surface area (Å²) in [5.74, 6) is 0. The van der Waals surface area contributed by atoms with Crippen molar-refractivity contribution in [2.45, 2.75) is 26.2 Å². The molecule has 0 saturated heterocycles. The van der Waals surface area contributed by atoms with Crippen LogP contribution in [0.2, 0.25) is 0 Å². The highest BCUT2D eigenvalue weighted by molar-refractivity contribution is 5.12. The number of hydrogen-bond acceptors (Lipinski definition) is 2. The Balaban J connectivity index is 2.97. The van der Waals surface area contributed by atoms with Gasteiger partial charge in [0.15, 0.2) is 0 Å². The largest absolute Gasteiger partial charge is 0.244 e. The molecule has 0 unspecified atom stereocenters. The summed E-state index contributed by atoms with van der Waals surface area (Å²) in [7, 11) is 0. The summed E-state index contributed by atoms with van der Waals surface area (Å²) >= 11 is 0. The maximum absolute atomic E-state index is 3.91. The normalized spacial score (nSPS) is 11.5. The molecule has 0 fully saturated rings. The van der Waals surface area contributed by atoms with E-state index in [9.17, 15) is 0 Å². The van der Waals surface area contributed by atoms with E-state index in [4.69, 9.17) is 0 Å². The van der Waals surface area contributed by atoms with Gasteiger partial charge in [-0.1, -0.05) is 20.8 Å². The molecule has 0 aliphatic carbocycles. The van der Waals surface area contributed by atoms with Gasteiger partial charge in [-0.05, 0) is 5.41 Å². The van der Waals surface area contributed by atoms with Crippen LogP contribution in [0, 0.1) is 6.20 Å². The van der Waals surface area contributed by atoms with Crippen molar-refractivity contribution in [3.8, 4) is 0 Å². The fourth-order valence-corrected chi connectivity index (χ4v) is 0.630. The van der Waals surface area contributed by atoms with Gasteiger partial charge in [0.25, 0.3) is 0 Å². The minimum absolute atomic E-state index is 0.112. The van der Waals surface area contributed by atoms with Gasteiger partial charge in [0.2, 0.25) is 0 Å². The molecule has 0 aliphatic heterocycles. The molecule has 0 bridgehead atoms. The third-order valence-corrected chi connectivity index (χ3v) is 1.32. The van der Waals surface area contributed by atoms with Gasteiger partial charge in [-0.3, -0.25) is 0 Å². The summed E-state index contributed by atoms with van der Waals surface area (Å²) in [6, 6.07) is 0. The van der Waals surface area contributed by atoms with Crippen LogP contribution in [-0.4, -0.2) is 9.97 Å². The molecule has 1 radical (unpaired) electrons. The summed E-state index contributed by atoms with van der Waals surface area (Å²) in [5.41, 5.74) is 1.16. The third-order valence-electron chi connectivity index (χ3n) is 1.32. The highest BCUT2D eigenvalue weighted by Crippen LogP contribution is 2.18. The average Bonchev–Trinajstić information content (AvgIpc) is 1.88. The molecule has 1 aromatic heterocycles. The maximum atomic E-state index is 3.91. The summed E-state index contributed by atoms with van der Waals surface area (Å²) in [6.45, 7) is 6.34. The second-order valence-electron chi connectivity index (χ2n) is 3.30. The Morgan fingerprint density at radius 1 is 1.40 bits per heavy atom. The second-order valence-corrected chi connectivity index (χ2v) is 3.30. The minimum Gasteiger partial charge on any atom is -0.244 e. The predicted molar refractivity (Wildman–Crippen MR) is 39.6 cm³/mol. The van der Waals surface area contributed by atoms with Crippen LogP contribution in [0.25, 0.3) is 0 Å². The van der Waals surface area contributed by atoms with E-state index in [-0.39, 0.29) is 5.41 Å². The summed E-state index contributed by atoms with van der Waals surface area (Å²) in [5, 5.41) is 0. The Morgan fingerprint density at radius 3 is 2.40 bits per heavy atom. The van der Waals surface area contributed by atoms with Crippen LogP contribution in [0.4, 0.5) is 0 Å². The van der Waals surface area contributed by atoms with E-state index < -0.39 is 0 Å². The van der Waals surface area contributed by atoms with E-state index in [0.717, 1.165) is 5.56 Å². The van der Waals surface area contributed by atoms with Gasteiger partial charge in [0, 0.05) is 11.8 Å². The topological polar surface area (TPSA) is 25.8 Å². The van der Waals surface area contributed by atoms with Crippen LogP contribution >= 0.6 is 0 Å². The molecule has 10 heavy (non-hydrogen) atoms. The lowest BCUT2D eigenvalue weighted by Gasteiger charge is -2.16. The smallest absolute Gasteiger partial charge is 0.116 e. The summed E-state index contributed by atoms with van der Waals surface area (Å²) < 4.78 is 0. The minimum atomic E-state index is 0.112. The van der Waals surface area contributed by atoms with Crippen molar-refractivity contribution >= 4 is 0 Å². The van der Waals surface area contributed by atoms with Gasteiger partial charge in [-0.25, -0.2) is 9.97 Å². The van der Waals surface area contributed by atoms with Gasteiger partial charge in [-0.15, -0.1) is 0 Å². The standard InChI is InChI=1S/C8H11N2/c1-8(2,3)7-4-9-6-10-5-7/h4,6H,1-3H3. The Labute approximate surface area is 61.3 Å². The van der Waals surface area contributed by atoms with E-state index >= 15 is 0 Å². The van der Waals surface area contributed by atoms with Crippen LogP contribution in [0.15, 0.2) is 12.5 Å². The summed E-state index contributed by atoms with van der Waals surface area (Å²) in [6.07, 6.45) is 6.19. The lowest BCUT2D eigenvalue weighted by molar-refractivity contribution is 0.582. The fraction of sp³-hybridized carbons (Fsp3) is 0.500. The number of hydrogen-bond donors (Lipinski definition) is 0. The zero-order chi connectivity index (χ0) is 7.61. The van der Waals surface area contributed by atoms with E-state index in [1.807, 2.05) is 0 Å². The van der Waals surface area contributed by atoms with Crippen molar-refractivity contribution in [1.29, 1.82) is 0 Å². The molecule has 0 spiro atoms. The Hall–Kier alpha value is -0.920. The van der Waals surface area contributed by atoms with Gasteiger partial charge < -0.3 is 0 Å². The van der Waals surface area contributed by atoms with Crippen molar-refractivity contribution in [3.05, 3.63) is 24.3 Å². The van der Waals surface area contributed by atoms with Crippen LogP contribution in [0.5, 0.6) is 0 Å². The highest BCUT2D eigenvalue weighted by Gasteiger charge is 2.13. The lowest BCUT2D eigenvalue weighted by Crippen LogP contribution is -2.11. The van der Waals surface area contributed by atoms with Crippen molar-refractivity contribution in [1.82, 2.24) is 9.97 Å². The van der Waals surface area contributed by atoms with Gasteiger partial charge in [0.1, 0.15) is 6.33 Å². The Bertz CT molecular complexity index is 198. The molecule has 0 atom stereocenters. The zero-order valence-electron chi connectivity index (χ0n) is 6.55. The average molecular weight is 135 g/mol. The molecular weight excluding hydrogens is 124 g/mol. The van der Waals surface area contributed by atoms with Crippen LogP contribution in [0.3, 0.4) is 0 Å².